The van der Waals surface area contributed by atoms with E-state index in [0.717, 1.165) is 40.7 Å². The second-order valence-corrected chi connectivity index (χ2v) is 10.5. The van der Waals surface area contributed by atoms with E-state index >= 15 is 0 Å². The maximum absolute atomic E-state index is 12.5. The first-order valence-electron chi connectivity index (χ1n) is 10.1. The van der Waals surface area contributed by atoms with Crippen LogP contribution in [0.15, 0.2) is 51.8 Å². The molecule has 1 unspecified atom stereocenters. The lowest BCUT2D eigenvalue weighted by atomic mass is 9.98. The van der Waals surface area contributed by atoms with Crippen molar-refractivity contribution >= 4 is 37.5 Å². The third-order valence-corrected chi connectivity index (χ3v) is 7.63. The summed E-state index contributed by atoms with van der Waals surface area (Å²) in [4.78, 5) is 14.8. The minimum atomic E-state index is -3.52. The number of sulfonamides is 1. The Balaban J connectivity index is 1.50. The highest BCUT2D eigenvalue weighted by Crippen LogP contribution is 2.21. The summed E-state index contributed by atoms with van der Waals surface area (Å²) in [6, 6.07) is 12.6. The predicted octanol–water partition coefficient (Wildman–Crippen LogP) is 3.69. The van der Waals surface area contributed by atoms with Gasteiger partial charge in [0.15, 0.2) is 0 Å². The Morgan fingerprint density at radius 2 is 1.90 bits per heavy atom. The number of halogens is 1. The molecule has 2 aromatic rings. The van der Waals surface area contributed by atoms with Gasteiger partial charge >= 0.3 is 0 Å². The second kappa shape index (κ2) is 10.0. The van der Waals surface area contributed by atoms with E-state index in [4.69, 9.17) is 0 Å². The van der Waals surface area contributed by atoms with E-state index in [1.165, 1.54) is 0 Å². The molecule has 1 heterocycles. The van der Waals surface area contributed by atoms with E-state index in [-0.39, 0.29) is 16.7 Å². The van der Waals surface area contributed by atoms with Crippen LogP contribution in [0.5, 0.6) is 0 Å². The van der Waals surface area contributed by atoms with E-state index < -0.39 is 10.0 Å². The fraction of sp³-hybridized carbons (Fsp3) is 0.409. The Kier molecular flexibility index (Phi) is 7.68. The number of nitrogens with zero attached hydrogens (tertiary/aromatic N) is 1. The molecule has 1 amide bonds. The topological polar surface area (TPSA) is 78.5 Å². The summed E-state index contributed by atoms with van der Waals surface area (Å²) < 4.78 is 28.8. The number of nitrogens with one attached hydrogen (secondary N) is 2. The van der Waals surface area contributed by atoms with Crippen LogP contribution in [0.4, 0.5) is 5.69 Å². The summed E-state index contributed by atoms with van der Waals surface area (Å²) in [6.07, 6.45) is 1.89. The van der Waals surface area contributed by atoms with Crippen LogP contribution in [-0.2, 0) is 14.8 Å². The van der Waals surface area contributed by atoms with Crippen molar-refractivity contribution in [2.24, 2.45) is 5.92 Å². The number of carbonyl (C=O) groups excluding carboxylic acids is 1. The molecule has 3 rings (SSSR count). The third-order valence-electron chi connectivity index (χ3n) is 5.31. The molecular weight excluding hydrogens is 466 g/mol. The number of hydrogen-bond acceptors (Lipinski definition) is 4. The molecule has 162 valence electrons. The van der Waals surface area contributed by atoms with Crippen LogP contribution in [-0.4, -0.2) is 45.4 Å². The van der Waals surface area contributed by atoms with Gasteiger partial charge in [-0.25, -0.2) is 13.1 Å². The molecule has 1 atom stereocenters. The van der Waals surface area contributed by atoms with Crippen LogP contribution in [0.3, 0.4) is 0 Å². The number of benzene rings is 2. The van der Waals surface area contributed by atoms with Crippen molar-refractivity contribution in [1.29, 1.82) is 0 Å². The Hall–Kier alpha value is -1.74. The fourth-order valence-electron chi connectivity index (χ4n) is 3.62. The number of amides is 1. The van der Waals surface area contributed by atoms with Crippen molar-refractivity contribution in [3.05, 3.63) is 58.1 Å². The molecule has 8 heteroatoms. The van der Waals surface area contributed by atoms with Gasteiger partial charge in [-0.1, -0.05) is 33.6 Å². The number of anilines is 1. The average molecular weight is 494 g/mol. The zero-order valence-corrected chi connectivity index (χ0v) is 19.7. The van der Waals surface area contributed by atoms with Gasteiger partial charge in [0.25, 0.3) is 0 Å². The Morgan fingerprint density at radius 1 is 1.17 bits per heavy atom. The molecule has 0 bridgehead atoms. The first-order chi connectivity index (χ1) is 14.2. The zero-order chi connectivity index (χ0) is 21.7. The maximum atomic E-state index is 12.5. The van der Waals surface area contributed by atoms with Crippen LogP contribution in [0, 0.1) is 19.8 Å². The predicted molar refractivity (Wildman–Crippen MR) is 123 cm³/mol. The molecule has 1 saturated heterocycles. The standard InChI is InChI=1S/C22H28BrN3O3S/c1-16-5-8-20(9-6-16)30(28,29)24-13-18-4-3-11-26(14-18)15-22(27)25-19-7-10-21(23)17(2)12-19/h5-10,12,18,24H,3-4,11,13-15H2,1-2H3,(H,25,27). The summed E-state index contributed by atoms with van der Waals surface area (Å²) in [5, 5.41) is 2.94. The van der Waals surface area contributed by atoms with E-state index in [2.05, 4.69) is 30.9 Å². The summed E-state index contributed by atoms with van der Waals surface area (Å²) in [5.41, 5.74) is 2.86. The zero-order valence-electron chi connectivity index (χ0n) is 17.3. The highest BCUT2D eigenvalue weighted by molar-refractivity contribution is 9.10. The molecular formula is C22H28BrN3O3S. The molecule has 0 spiro atoms. The van der Waals surface area contributed by atoms with Crippen molar-refractivity contribution < 1.29 is 13.2 Å². The van der Waals surface area contributed by atoms with Gasteiger partial charge in [0.05, 0.1) is 11.4 Å². The summed E-state index contributed by atoms with van der Waals surface area (Å²) in [6.45, 7) is 6.12. The van der Waals surface area contributed by atoms with Crippen molar-refractivity contribution in [1.82, 2.24) is 9.62 Å². The fourth-order valence-corrected chi connectivity index (χ4v) is 4.98. The van der Waals surface area contributed by atoms with E-state index in [1.807, 2.05) is 32.0 Å². The van der Waals surface area contributed by atoms with Gasteiger partial charge in [0.2, 0.25) is 15.9 Å². The number of hydrogen-bond donors (Lipinski definition) is 2. The van der Waals surface area contributed by atoms with Crippen molar-refractivity contribution in [3.8, 4) is 0 Å². The number of carbonyl (C=O) groups is 1. The molecule has 2 aromatic carbocycles. The number of piperidine rings is 1. The smallest absolute Gasteiger partial charge is 0.240 e. The molecule has 0 aromatic heterocycles. The number of aryl methyl sites for hydroxylation is 2. The van der Waals surface area contributed by atoms with E-state index in [0.29, 0.717) is 19.6 Å². The van der Waals surface area contributed by atoms with Gasteiger partial charge in [-0.2, -0.15) is 0 Å². The minimum absolute atomic E-state index is 0.0578. The summed E-state index contributed by atoms with van der Waals surface area (Å²) in [5.74, 6) is 0.124. The van der Waals surface area contributed by atoms with Crippen LogP contribution < -0.4 is 10.0 Å². The minimum Gasteiger partial charge on any atom is -0.325 e. The molecule has 1 aliphatic rings. The summed E-state index contributed by atoms with van der Waals surface area (Å²) in [7, 11) is -3.52. The summed E-state index contributed by atoms with van der Waals surface area (Å²) >= 11 is 3.46. The first-order valence-corrected chi connectivity index (χ1v) is 12.4. The number of rotatable bonds is 7. The largest absolute Gasteiger partial charge is 0.325 e. The molecule has 0 radical (unpaired) electrons. The lowest BCUT2D eigenvalue weighted by Crippen LogP contribution is -2.43. The van der Waals surface area contributed by atoms with Gasteiger partial charge in [0, 0.05) is 23.2 Å². The first kappa shape index (κ1) is 22.9. The Bertz CT molecular complexity index is 993. The molecule has 1 fully saturated rings. The second-order valence-electron chi connectivity index (χ2n) is 7.92. The van der Waals surface area contributed by atoms with Gasteiger partial charge < -0.3 is 5.32 Å². The lowest BCUT2D eigenvalue weighted by molar-refractivity contribution is -0.117. The van der Waals surface area contributed by atoms with Crippen LogP contribution in [0.1, 0.15) is 24.0 Å². The van der Waals surface area contributed by atoms with Crippen molar-refractivity contribution in [2.75, 3.05) is 31.5 Å². The van der Waals surface area contributed by atoms with Crippen LogP contribution in [0.25, 0.3) is 0 Å². The van der Waals surface area contributed by atoms with Crippen LogP contribution in [0.2, 0.25) is 0 Å². The highest BCUT2D eigenvalue weighted by atomic mass is 79.9. The Labute approximate surface area is 187 Å². The van der Waals surface area contributed by atoms with Crippen LogP contribution >= 0.6 is 15.9 Å². The highest BCUT2D eigenvalue weighted by Gasteiger charge is 2.24. The Morgan fingerprint density at radius 3 is 2.60 bits per heavy atom. The third kappa shape index (κ3) is 6.38. The molecule has 6 nitrogen and oxygen atoms in total. The monoisotopic (exact) mass is 493 g/mol. The molecule has 0 aliphatic carbocycles. The molecule has 1 aliphatic heterocycles. The molecule has 0 saturated carbocycles. The van der Waals surface area contributed by atoms with E-state index in [9.17, 15) is 13.2 Å². The van der Waals surface area contributed by atoms with Crippen molar-refractivity contribution in [2.45, 2.75) is 31.6 Å². The average Bonchev–Trinajstić information content (AvgIpc) is 2.70. The van der Waals surface area contributed by atoms with Gasteiger partial charge in [0.1, 0.15) is 0 Å². The quantitative estimate of drug-likeness (QED) is 0.616. The molecule has 2 N–H and O–H groups in total. The number of likely N-dealkylation sites (tertiary alicyclic amines) is 1. The lowest BCUT2D eigenvalue weighted by Gasteiger charge is -2.32. The molecule has 30 heavy (non-hydrogen) atoms. The van der Waals surface area contributed by atoms with E-state index in [1.54, 1.807) is 24.3 Å². The SMILES string of the molecule is Cc1ccc(S(=O)(=O)NCC2CCCN(CC(=O)Nc3ccc(Br)c(C)c3)C2)cc1. The van der Waals surface area contributed by atoms with Gasteiger partial charge in [-0.3, -0.25) is 9.69 Å². The van der Waals surface area contributed by atoms with Crippen molar-refractivity contribution in [3.63, 3.8) is 0 Å². The van der Waals surface area contributed by atoms with Gasteiger partial charge in [-0.15, -0.1) is 0 Å². The maximum Gasteiger partial charge on any atom is 0.240 e. The normalized spacial score (nSPS) is 17.6. The van der Waals surface area contributed by atoms with Gasteiger partial charge in [-0.05, 0) is 75.0 Å².